The van der Waals surface area contributed by atoms with Crippen LogP contribution < -0.4 is 0 Å². The number of hydrogen-bond donors (Lipinski definition) is 0. The Bertz CT molecular complexity index is 95.1. The van der Waals surface area contributed by atoms with Crippen molar-refractivity contribution in [2.45, 2.75) is 30.7 Å². The van der Waals surface area contributed by atoms with E-state index in [-0.39, 0.29) is 7.42 Å². The molecule has 0 aromatic heterocycles. The van der Waals surface area contributed by atoms with Crippen LogP contribution in [0.2, 0.25) is 30.7 Å². The molecule has 53 valence electrons. The minimum absolute atomic E-state index is 0.0462. The predicted octanol–water partition coefficient (Wildman–Crippen LogP) is 3.36. The van der Waals surface area contributed by atoms with Crippen LogP contribution in [0.15, 0.2) is 0 Å². The fourth-order valence-corrected chi connectivity index (χ4v) is 15.0. The zero-order valence-corrected chi connectivity index (χ0v) is 10.8. The molecule has 0 bridgehead atoms. The Balaban J connectivity index is 2.35. The molecule has 0 aliphatic carbocycles. The summed E-state index contributed by atoms with van der Waals surface area (Å²) in [5.41, 5.74) is 0. The quantitative estimate of drug-likeness (QED) is 0.473. The van der Waals surface area contributed by atoms with E-state index in [0.29, 0.717) is 0 Å². The number of rotatable bonds is 0. The second-order valence-corrected chi connectivity index (χ2v) is 17.9. The lowest BCUT2D eigenvalue weighted by molar-refractivity contribution is 1.20. The monoisotopic (exact) mass is 285 g/mol. The Morgan fingerprint density at radius 1 is 1.33 bits per heavy atom. The molecule has 1 rings (SSSR count). The summed E-state index contributed by atoms with van der Waals surface area (Å²) in [4.78, 5) is 0. The van der Waals surface area contributed by atoms with Crippen molar-refractivity contribution in [3.63, 3.8) is 0 Å². The van der Waals surface area contributed by atoms with Crippen LogP contribution in [-0.4, -0.2) is 14.1 Å². The van der Waals surface area contributed by atoms with Gasteiger partial charge in [0, 0.05) is 0 Å². The molecule has 0 atom stereocenters. The van der Waals surface area contributed by atoms with Gasteiger partial charge in [0.05, 0.1) is 0 Å². The molecule has 1 fully saturated rings. The zero-order valence-electron chi connectivity index (χ0n) is 5.58. The van der Waals surface area contributed by atoms with E-state index in [9.17, 15) is 0 Å². The van der Waals surface area contributed by atoms with Crippen molar-refractivity contribution in [1.82, 2.24) is 0 Å². The van der Waals surface area contributed by atoms with E-state index in [1.165, 1.54) is 24.2 Å². The van der Waals surface area contributed by atoms with Crippen molar-refractivity contribution in [2.24, 2.45) is 0 Å². The van der Waals surface area contributed by atoms with Crippen LogP contribution in [0.5, 0.6) is 0 Å². The Kier molecular flexibility index (Phi) is 3.01. The van der Waals surface area contributed by atoms with Crippen molar-refractivity contribution in [3.05, 3.63) is 0 Å². The molecule has 0 aromatic carbocycles. The smallest absolute Gasteiger partial charge is 0.129 e. The molecule has 9 heavy (non-hydrogen) atoms. The third-order valence-electron chi connectivity index (χ3n) is 1.84. The lowest BCUT2D eigenvalue weighted by Crippen LogP contribution is -2.28. The summed E-state index contributed by atoms with van der Waals surface area (Å²) < 4.78 is 0. The van der Waals surface area contributed by atoms with Crippen LogP contribution in [0.3, 0.4) is 0 Å². The zero-order chi connectivity index (χ0) is 6.91. The Morgan fingerprint density at radius 2 is 1.78 bits per heavy atom. The Labute approximate surface area is 75.2 Å². The van der Waals surface area contributed by atoms with Crippen LogP contribution in [0.1, 0.15) is 0 Å². The highest BCUT2D eigenvalue weighted by atomic mass is 79.9. The van der Waals surface area contributed by atoms with E-state index in [1.54, 1.807) is 0 Å². The van der Waals surface area contributed by atoms with Crippen LogP contribution >= 0.6 is 30.6 Å². The SMILES string of the molecule is C[Si]1(Br)CC[Si](Br)CC1. The van der Waals surface area contributed by atoms with Crippen LogP contribution in [0.4, 0.5) is 0 Å². The van der Waals surface area contributed by atoms with Gasteiger partial charge >= 0.3 is 0 Å². The number of hydrogen-bond acceptors (Lipinski definition) is 0. The van der Waals surface area contributed by atoms with Crippen LogP contribution in [-0.2, 0) is 0 Å². The first-order chi connectivity index (χ1) is 4.10. The van der Waals surface area contributed by atoms with Crippen molar-refractivity contribution in [1.29, 1.82) is 0 Å². The molecular formula is C5H11Br2Si2. The number of halogens is 2. The molecule has 0 amide bonds. The van der Waals surface area contributed by atoms with Gasteiger partial charge in [0.1, 0.15) is 14.1 Å². The minimum atomic E-state index is -0.824. The first-order valence-corrected chi connectivity index (χ1v) is 12.6. The van der Waals surface area contributed by atoms with Crippen molar-refractivity contribution in [2.75, 3.05) is 0 Å². The van der Waals surface area contributed by atoms with Crippen molar-refractivity contribution < 1.29 is 0 Å². The molecule has 4 heteroatoms. The van der Waals surface area contributed by atoms with Gasteiger partial charge in [0.2, 0.25) is 0 Å². The third-order valence-corrected chi connectivity index (χ3v) is 11.8. The van der Waals surface area contributed by atoms with Crippen molar-refractivity contribution in [3.8, 4) is 0 Å². The standard InChI is InChI=1S/C5H11Br2Si2/c1-9(7)4-2-8(6)3-5-9/h2-5H2,1H3. The summed E-state index contributed by atoms with van der Waals surface area (Å²) in [6, 6.07) is 5.95. The highest BCUT2D eigenvalue weighted by Crippen LogP contribution is 2.35. The average Bonchev–Trinajstić information content (AvgIpc) is 1.78. The maximum Gasteiger partial charge on any atom is 0.134 e. The van der Waals surface area contributed by atoms with Gasteiger partial charge in [0.25, 0.3) is 0 Å². The normalized spacial score (nSPS) is 28.3. The maximum absolute atomic E-state index is 3.85. The van der Waals surface area contributed by atoms with Gasteiger partial charge in [-0.15, -0.1) is 30.6 Å². The molecule has 1 radical (unpaired) electrons. The van der Waals surface area contributed by atoms with Gasteiger partial charge in [-0.25, -0.2) is 0 Å². The minimum Gasteiger partial charge on any atom is -0.129 e. The lowest BCUT2D eigenvalue weighted by Gasteiger charge is -2.26. The Hall–Kier alpha value is 1.39. The summed E-state index contributed by atoms with van der Waals surface area (Å²) in [5, 5.41) is 0. The second kappa shape index (κ2) is 3.19. The molecule has 0 aromatic rings. The topological polar surface area (TPSA) is 0 Å². The van der Waals surface area contributed by atoms with Gasteiger partial charge in [-0.05, 0) is 12.1 Å². The fraction of sp³-hybridized carbons (Fsp3) is 1.00. The molecule has 0 nitrogen and oxygen atoms in total. The van der Waals surface area contributed by atoms with Crippen LogP contribution in [0, 0.1) is 0 Å². The average molecular weight is 287 g/mol. The van der Waals surface area contributed by atoms with Gasteiger partial charge in [-0.1, -0.05) is 18.6 Å². The summed E-state index contributed by atoms with van der Waals surface area (Å²) in [7, 11) is -0.0462. The summed E-state index contributed by atoms with van der Waals surface area (Å²) >= 11 is 7.60. The van der Waals surface area contributed by atoms with Gasteiger partial charge < -0.3 is 0 Å². The van der Waals surface area contributed by atoms with E-state index in [0.717, 1.165) is 0 Å². The highest BCUT2D eigenvalue weighted by molar-refractivity contribution is 9.26. The molecule has 1 saturated heterocycles. The van der Waals surface area contributed by atoms with Gasteiger partial charge in [-0.2, -0.15) is 0 Å². The fourth-order valence-electron chi connectivity index (χ4n) is 1.04. The predicted molar refractivity (Wildman–Crippen MR) is 54.5 cm³/mol. The molecular weight excluding hydrogens is 276 g/mol. The molecule has 0 spiro atoms. The van der Waals surface area contributed by atoms with E-state index < -0.39 is 6.69 Å². The van der Waals surface area contributed by atoms with Gasteiger partial charge in [0.15, 0.2) is 0 Å². The maximum atomic E-state index is 3.85. The van der Waals surface area contributed by atoms with Crippen molar-refractivity contribution >= 4 is 44.7 Å². The summed E-state index contributed by atoms with van der Waals surface area (Å²) in [5.74, 6) is 0. The molecule has 1 heterocycles. The van der Waals surface area contributed by atoms with Crippen LogP contribution in [0.25, 0.3) is 0 Å². The summed E-state index contributed by atoms with van der Waals surface area (Å²) in [6.45, 7) is 1.61. The highest BCUT2D eigenvalue weighted by Gasteiger charge is 2.30. The second-order valence-electron chi connectivity index (χ2n) is 2.93. The first-order valence-electron chi connectivity index (χ1n) is 3.29. The third kappa shape index (κ3) is 2.86. The van der Waals surface area contributed by atoms with E-state index >= 15 is 0 Å². The van der Waals surface area contributed by atoms with E-state index in [1.807, 2.05) is 0 Å². The largest absolute Gasteiger partial charge is 0.134 e. The van der Waals surface area contributed by atoms with E-state index in [2.05, 4.69) is 37.1 Å². The molecule has 0 saturated carbocycles. The molecule has 0 N–H and O–H groups in total. The van der Waals surface area contributed by atoms with Gasteiger partial charge in [-0.3, -0.25) is 0 Å². The molecule has 0 unspecified atom stereocenters. The molecule has 1 aliphatic heterocycles. The Morgan fingerprint density at radius 3 is 2.11 bits per heavy atom. The lowest BCUT2D eigenvalue weighted by atomic mass is 10.9. The first kappa shape index (κ1) is 8.49. The van der Waals surface area contributed by atoms with E-state index in [4.69, 9.17) is 0 Å². The summed E-state index contributed by atoms with van der Waals surface area (Å²) in [6.07, 6.45) is 0. The molecule has 1 aliphatic rings.